The number of nitrogens with one attached hydrogen (secondary N) is 1. The number of amides is 1. The molecular formula is C20H24N4O. The Kier molecular flexibility index (Phi) is 3.96. The van der Waals surface area contributed by atoms with E-state index in [1.165, 1.54) is 5.70 Å². The van der Waals surface area contributed by atoms with Crippen LogP contribution in [0.5, 0.6) is 0 Å². The van der Waals surface area contributed by atoms with Crippen molar-refractivity contribution in [2.24, 2.45) is 4.99 Å². The quantitative estimate of drug-likeness (QED) is 0.923. The maximum Gasteiger partial charge on any atom is 0.298 e. The van der Waals surface area contributed by atoms with Gasteiger partial charge in [0.1, 0.15) is 0 Å². The maximum atomic E-state index is 13.2. The average molecular weight is 336 g/mol. The molecule has 0 saturated heterocycles. The summed E-state index contributed by atoms with van der Waals surface area (Å²) in [4.78, 5) is 21.5. The van der Waals surface area contributed by atoms with Crippen molar-refractivity contribution in [2.75, 3.05) is 18.0 Å². The maximum absolute atomic E-state index is 13.2. The smallest absolute Gasteiger partial charge is 0.298 e. The second kappa shape index (κ2) is 6.15. The molecule has 5 nitrogen and oxygen atoms in total. The highest BCUT2D eigenvalue weighted by atomic mass is 16.2. The van der Waals surface area contributed by atoms with Crippen LogP contribution in [0.25, 0.3) is 0 Å². The molecule has 25 heavy (non-hydrogen) atoms. The van der Waals surface area contributed by atoms with Gasteiger partial charge < -0.3 is 10.2 Å². The number of aliphatic imine (C=N–C) groups is 1. The number of benzene rings is 1. The highest BCUT2D eigenvalue weighted by molar-refractivity contribution is 6.45. The molecule has 0 saturated carbocycles. The SMILES string of the molecule is CCCC1(C)CC2=C(CN1)N(c1ccccc1)C(=O)C1=NC=CCN12. The van der Waals surface area contributed by atoms with Crippen molar-refractivity contribution in [3.8, 4) is 0 Å². The third-order valence-electron chi connectivity index (χ3n) is 5.23. The van der Waals surface area contributed by atoms with Crippen molar-refractivity contribution in [3.63, 3.8) is 0 Å². The molecule has 4 rings (SSSR count). The summed E-state index contributed by atoms with van der Waals surface area (Å²) >= 11 is 0. The third-order valence-corrected chi connectivity index (χ3v) is 5.23. The van der Waals surface area contributed by atoms with Gasteiger partial charge in [-0.05, 0) is 31.6 Å². The molecule has 0 bridgehead atoms. The molecule has 1 unspecified atom stereocenters. The number of carbonyl (C=O) groups is 1. The molecule has 3 aliphatic heterocycles. The summed E-state index contributed by atoms with van der Waals surface area (Å²) in [5, 5.41) is 3.68. The Morgan fingerprint density at radius 3 is 2.80 bits per heavy atom. The van der Waals surface area contributed by atoms with E-state index in [9.17, 15) is 4.79 Å². The first-order valence-corrected chi connectivity index (χ1v) is 9.00. The predicted octanol–water partition coefficient (Wildman–Crippen LogP) is 3.02. The Bertz CT molecular complexity index is 780. The second-order valence-corrected chi connectivity index (χ2v) is 7.16. The Hall–Kier alpha value is -2.40. The van der Waals surface area contributed by atoms with Crippen molar-refractivity contribution in [1.29, 1.82) is 0 Å². The van der Waals surface area contributed by atoms with E-state index in [4.69, 9.17) is 0 Å². The first-order valence-electron chi connectivity index (χ1n) is 9.00. The zero-order chi connectivity index (χ0) is 17.4. The number of amidine groups is 1. The Labute approximate surface area is 148 Å². The highest BCUT2D eigenvalue weighted by Gasteiger charge is 2.43. The molecular weight excluding hydrogens is 312 g/mol. The van der Waals surface area contributed by atoms with Crippen molar-refractivity contribution in [2.45, 2.75) is 38.6 Å². The Morgan fingerprint density at radius 1 is 1.24 bits per heavy atom. The minimum atomic E-state index is -0.0461. The van der Waals surface area contributed by atoms with Gasteiger partial charge in [-0.2, -0.15) is 0 Å². The Morgan fingerprint density at radius 2 is 2.04 bits per heavy atom. The van der Waals surface area contributed by atoms with Gasteiger partial charge in [-0.15, -0.1) is 0 Å². The summed E-state index contributed by atoms with van der Waals surface area (Å²) in [7, 11) is 0. The molecule has 0 radical (unpaired) electrons. The van der Waals surface area contributed by atoms with E-state index in [0.29, 0.717) is 18.9 Å². The average Bonchev–Trinajstić information content (AvgIpc) is 2.64. The van der Waals surface area contributed by atoms with Gasteiger partial charge in [-0.25, -0.2) is 4.99 Å². The van der Waals surface area contributed by atoms with Gasteiger partial charge in [0.15, 0.2) is 5.84 Å². The van der Waals surface area contributed by atoms with E-state index in [1.807, 2.05) is 41.3 Å². The number of hydrogen-bond acceptors (Lipinski definition) is 4. The fourth-order valence-electron chi connectivity index (χ4n) is 4.03. The van der Waals surface area contributed by atoms with E-state index in [2.05, 4.69) is 29.1 Å². The van der Waals surface area contributed by atoms with Crippen LogP contribution in [0.1, 0.15) is 33.1 Å². The summed E-state index contributed by atoms with van der Waals surface area (Å²) in [6.07, 6.45) is 6.90. The molecule has 1 N–H and O–H groups in total. The van der Waals surface area contributed by atoms with Crippen molar-refractivity contribution < 1.29 is 4.79 Å². The number of nitrogens with zero attached hydrogens (tertiary/aromatic N) is 3. The van der Waals surface area contributed by atoms with Crippen LogP contribution in [-0.2, 0) is 4.79 Å². The first kappa shape index (κ1) is 16.1. The fourth-order valence-corrected chi connectivity index (χ4v) is 4.03. The monoisotopic (exact) mass is 336 g/mol. The largest absolute Gasteiger partial charge is 0.320 e. The molecule has 1 aromatic carbocycles. The number of hydrogen-bond donors (Lipinski definition) is 1. The van der Waals surface area contributed by atoms with Crippen LogP contribution in [0.2, 0.25) is 0 Å². The molecule has 1 amide bonds. The molecule has 1 atom stereocenters. The van der Waals surface area contributed by atoms with E-state index in [-0.39, 0.29) is 11.4 Å². The molecule has 3 heterocycles. The minimum absolute atomic E-state index is 0.0461. The summed E-state index contributed by atoms with van der Waals surface area (Å²) in [6, 6.07) is 9.87. The van der Waals surface area contributed by atoms with Crippen LogP contribution in [0, 0.1) is 0 Å². The summed E-state index contributed by atoms with van der Waals surface area (Å²) in [5.74, 6) is 0.487. The summed E-state index contributed by atoms with van der Waals surface area (Å²) in [6.45, 7) is 5.91. The lowest BCUT2D eigenvalue weighted by atomic mass is 9.85. The third kappa shape index (κ3) is 2.68. The molecule has 0 aliphatic carbocycles. The van der Waals surface area contributed by atoms with Crippen LogP contribution >= 0.6 is 0 Å². The van der Waals surface area contributed by atoms with E-state index >= 15 is 0 Å². The van der Waals surface area contributed by atoms with Crippen molar-refractivity contribution in [3.05, 3.63) is 54.0 Å². The van der Waals surface area contributed by atoms with Gasteiger partial charge in [-0.3, -0.25) is 9.69 Å². The lowest BCUT2D eigenvalue weighted by Crippen LogP contribution is -2.59. The fraction of sp³-hybridized carbons (Fsp3) is 0.400. The van der Waals surface area contributed by atoms with Crippen molar-refractivity contribution in [1.82, 2.24) is 10.2 Å². The number of anilines is 1. The molecule has 3 aliphatic rings. The molecule has 1 aromatic rings. The van der Waals surface area contributed by atoms with E-state index in [0.717, 1.165) is 30.6 Å². The van der Waals surface area contributed by atoms with Crippen LogP contribution in [0.15, 0.2) is 59.0 Å². The van der Waals surface area contributed by atoms with Gasteiger partial charge >= 0.3 is 0 Å². The van der Waals surface area contributed by atoms with Crippen molar-refractivity contribution >= 4 is 17.4 Å². The number of rotatable bonds is 3. The number of para-hydroxylation sites is 1. The van der Waals surface area contributed by atoms with Gasteiger partial charge in [0.05, 0.1) is 5.70 Å². The molecule has 0 aromatic heterocycles. The minimum Gasteiger partial charge on any atom is -0.320 e. The van der Waals surface area contributed by atoms with E-state index in [1.54, 1.807) is 6.20 Å². The van der Waals surface area contributed by atoms with Crippen LogP contribution < -0.4 is 10.2 Å². The van der Waals surface area contributed by atoms with Crippen LogP contribution in [0.3, 0.4) is 0 Å². The van der Waals surface area contributed by atoms with E-state index < -0.39 is 0 Å². The molecule has 5 heteroatoms. The van der Waals surface area contributed by atoms with Gasteiger partial charge in [0, 0.05) is 42.6 Å². The summed E-state index contributed by atoms with van der Waals surface area (Å²) in [5.41, 5.74) is 3.24. The molecule has 0 fully saturated rings. The summed E-state index contributed by atoms with van der Waals surface area (Å²) < 4.78 is 0. The normalized spacial score (nSPS) is 25.7. The Balaban J connectivity index is 1.83. The van der Waals surface area contributed by atoms with Crippen LogP contribution in [0.4, 0.5) is 5.69 Å². The zero-order valence-corrected chi connectivity index (χ0v) is 14.8. The zero-order valence-electron chi connectivity index (χ0n) is 14.8. The number of fused-ring (bicyclic) bond motifs is 2. The lowest BCUT2D eigenvalue weighted by Gasteiger charge is -2.47. The van der Waals surface area contributed by atoms with Gasteiger partial charge in [0.25, 0.3) is 5.91 Å². The highest BCUT2D eigenvalue weighted by Crippen LogP contribution is 2.37. The lowest BCUT2D eigenvalue weighted by molar-refractivity contribution is -0.113. The van der Waals surface area contributed by atoms with Gasteiger partial charge in [-0.1, -0.05) is 31.5 Å². The molecule has 0 spiro atoms. The van der Waals surface area contributed by atoms with Gasteiger partial charge in [0.2, 0.25) is 0 Å². The number of carbonyl (C=O) groups excluding carboxylic acids is 1. The predicted molar refractivity (Wildman–Crippen MR) is 100 cm³/mol. The second-order valence-electron chi connectivity index (χ2n) is 7.16. The molecule has 130 valence electrons. The topological polar surface area (TPSA) is 47.9 Å². The first-order chi connectivity index (χ1) is 12.1. The standard InChI is InChI=1S/C20H24N4O/c1-3-10-20(2)13-16-17(14-22-20)24(15-8-5-4-6-9-15)19(25)18-21-11-7-12-23(16)18/h4-9,11,22H,3,10,12-14H2,1-2H3. The van der Waals surface area contributed by atoms with Crippen LogP contribution in [-0.4, -0.2) is 35.3 Å².